The summed E-state index contributed by atoms with van der Waals surface area (Å²) >= 11 is 0. The second kappa shape index (κ2) is 12.2. The van der Waals surface area contributed by atoms with Gasteiger partial charge in [0.25, 0.3) is 0 Å². The number of alkyl halides is 9. The molecule has 0 aliphatic heterocycles. The Kier molecular flexibility index (Phi) is 8.65. The first-order valence-electron chi connectivity index (χ1n) is 12.8. The van der Waals surface area contributed by atoms with Crippen molar-refractivity contribution in [3.8, 4) is 36.4 Å². The summed E-state index contributed by atoms with van der Waals surface area (Å²) in [7, 11) is 0. The number of benzene rings is 3. The third-order valence-corrected chi connectivity index (χ3v) is 6.94. The standard InChI is InChI=1S/C33H9F9N6/c34-31(35,36)25-7-16(10-43)1-4-19(25)22(13-46)28-29(23(14-47)20-5-2-17(11-44)8-26(20)32(37,38)39)30(28)24(15-48)21-6-3-18(12-45)9-27(21)33(40,41)42/h1-9H. The van der Waals surface area contributed by atoms with Gasteiger partial charge in [-0.1, -0.05) is 18.2 Å². The fourth-order valence-corrected chi connectivity index (χ4v) is 4.89. The Morgan fingerprint density at radius 2 is 0.625 bits per heavy atom. The zero-order valence-electron chi connectivity index (χ0n) is 23.3. The van der Waals surface area contributed by atoms with Crippen molar-refractivity contribution in [3.63, 3.8) is 0 Å². The molecule has 4 rings (SSSR count). The molecular formula is C33H9F9N6. The number of nitrogens with zero attached hydrogens (tertiary/aromatic N) is 6. The molecule has 1 aliphatic carbocycles. The van der Waals surface area contributed by atoms with Crippen LogP contribution in [0.2, 0.25) is 0 Å². The Morgan fingerprint density at radius 3 is 0.792 bits per heavy atom. The van der Waals surface area contributed by atoms with Gasteiger partial charge >= 0.3 is 18.5 Å². The molecule has 0 amide bonds. The zero-order chi connectivity index (χ0) is 35.8. The Bertz CT molecular complexity index is 1990. The lowest BCUT2D eigenvalue weighted by atomic mass is 9.95. The van der Waals surface area contributed by atoms with Gasteiger partial charge in [0, 0.05) is 33.4 Å². The summed E-state index contributed by atoms with van der Waals surface area (Å²) in [5.74, 6) is 0. The largest absolute Gasteiger partial charge is 0.417 e. The third-order valence-electron chi connectivity index (χ3n) is 6.94. The van der Waals surface area contributed by atoms with Crippen molar-refractivity contribution in [2.24, 2.45) is 0 Å². The summed E-state index contributed by atoms with van der Waals surface area (Å²) in [6, 6.07) is 14.6. The molecule has 1 fully saturated rings. The predicted octanol–water partition coefficient (Wildman–Crippen LogP) is 8.60. The molecule has 0 atom stereocenters. The fraction of sp³-hybridized carbons (Fsp3) is 0.0909. The SMILES string of the molecule is N#CC(=C1C(=C(C#N)c2ccc(C#N)cc2C(F)(F)F)C1=C(C#N)c1ccc(C#N)cc1C(F)(F)F)c1ccc(C#N)cc1C(F)(F)F. The van der Waals surface area contributed by atoms with Crippen molar-refractivity contribution in [2.75, 3.05) is 0 Å². The zero-order valence-corrected chi connectivity index (χ0v) is 23.3. The van der Waals surface area contributed by atoms with Crippen molar-refractivity contribution >= 4 is 16.7 Å². The van der Waals surface area contributed by atoms with Crippen molar-refractivity contribution in [1.29, 1.82) is 31.6 Å². The highest BCUT2D eigenvalue weighted by molar-refractivity contribution is 6.12. The molecule has 234 valence electrons. The number of rotatable bonds is 3. The second-order valence-electron chi connectivity index (χ2n) is 9.70. The quantitative estimate of drug-likeness (QED) is 0.203. The maximum atomic E-state index is 14.2. The van der Waals surface area contributed by atoms with Gasteiger partial charge in [-0.3, -0.25) is 0 Å². The van der Waals surface area contributed by atoms with Crippen LogP contribution in [0.3, 0.4) is 0 Å². The van der Waals surface area contributed by atoms with Crippen LogP contribution in [0.15, 0.2) is 71.3 Å². The molecule has 0 saturated heterocycles. The topological polar surface area (TPSA) is 143 Å². The van der Waals surface area contributed by atoms with E-state index in [0.717, 1.165) is 18.2 Å². The van der Waals surface area contributed by atoms with Crippen LogP contribution in [0.4, 0.5) is 39.5 Å². The van der Waals surface area contributed by atoms with E-state index in [1.165, 1.54) is 36.4 Å². The molecule has 0 heterocycles. The number of allylic oxidation sites excluding steroid dienone is 6. The molecule has 3 aromatic rings. The van der Waals surface area contributed by atoms with E-state index in [9.17, 15) is 55.3 Å². The Morgan fingerprint density at radius 1 is 0.396 bits per heavy atom. The van der Waals surface area contributed by atoms with Gasteiger partial charge in [0.1, 0.15) is 18.2 Å². The molecule has 1 saturated carbocycles. The van der Waals surface area contributed by atoms with E-state index >= 15 is 0 Å². The number of hydrogen-bond acceptors (Lipinski definition) is 6. The monoisotopic (exact) mass is 660 g/mol. The van der Waals surface area contributed by atoms with Crippen molar-refractivity contribution in [3.05, 3.63) is 121 Å². The van der Waals surface area contributed by atoms with Crippen molar-refractivity contribution in [1.82, 2.24) is 0 Å². The minimum absolute atomic E-state index is 0.365. The number of halogens is 9. The summed E-state index contributed by atoms with van der Waals surface area (Å²) in [5, 5.41) is 57.7. The van der Waals surface area contributed by atoms with E-state index in [2.05, 4.69) is 0 Å². The van der Waals surface area contributed by atoms with Gasteiger partial charge in [-0.25, -0.2) is 0 Å². The van der Waals surface area contributed by atoms with Gasteiger partial charge in [-0.2, -0.15) is 71.1 Å². The molecule has 0 aromatic heterocycles. The molecule has 3 aromatic carbocycles. The first kappa shape index (κ1) is 34.1. The maximum Gasteiger partial charge on any atom is 0.417 e. The molecule has 0 N–H and O–H groups in total. The Labute approximate surface area is 264 Å². The lowest BCUT2D eigenvalue weighted by Gasteiger charge is -2.13. The molecule has 0 bridgehead atoms. The van der Waals surface area contributed by atoms with Crippen LogP contribution in [-0.2, 0) is 18.5 Å². The summed E-state index contributed by atoms with van der Waals surface area (Å²) in [6.07, 6.45) is -15.7. The molecule has 0 spiro atoms. The van der Waals surface area contributed by atoms with Crippen LogP contribution in [0.1, 0.15) is 50.1 Å². The van der Waals surface area contributed by atoms with E-state index in [1.54, 1.807) is 0 Å². The first-order chi connectivity index (χ1) is 22.5. The average molecular weight is 660 g/mol. The van der Waals surface area contributed by atoms with E-state index in [-0.39, 0.29) is 0 Å². The third kappa shape index (κ3) is 6.18. The van der Waals surface area contributed by atoms with E-state index < -0.39 is 102 Å². The first-order valence-corrected chi connectivity index (χ1v) is 12.8. The number of nitriles is 6. The van der Waals surface area contributed by atoms with Crippen LogP contribution in [-0.4, -0.2) is 0 Å². The fourth-order valence-electron chi connectivity index (χ4n) is 4.89. The molecule has 1 aliphatic rings. The number of hydrogen-bond donors (Lipinski definition) is 0. The van der Waals surface area contributed by atoms with E-state index in [0.29, 0.717) is 36.4 Å². The molecule has 48 heavy (non-hydrogen) atoms. The summed E-state index contributed by atoms with van der Waals surface area (Å²) in [4.78, 5) is 0. The molecule has 6 nitrogen and oxygen atoms in total. The highest BCUT2D eigenvalue weighted by atomic mass is 19.4. The molecular weight excluding hydrogens is 651 g/mol. The Balaban J connectivity index is 2.29. The van der Waals surface area contributed by atoms with Crippen LogP contribution in [0.25, 0.3) is 16.7 Å². The van der Waals surface area contributed by atoms with Crippen LogP contribution >= 0.6 is 0 Å². The molecule has 0 unspecified atom stereocenters. The van der Waals surface area contributed by atoms with Crippen LogP contribution in [0, 0.1) is 68.0 Å². The van der Waals surface area contributed by atoms with Gasteiger partial charge in [-0.05, 0) is 36.4 Å². The lowest BCUT2D eigenvalue weighted by Crippen LogP contribution is -2.09. The molecule has 0 radical (unpaired) electrons. The summed E-state index contributed by atoms with van der Waals surface area (Å²) in [6.45, 7) is 0. The average Bonchev–Trinajstić information content (AvgIpc) is 3.74. The Hall–Kier alpha value is -6.81. The minimum Gasteiger partial charge on any atom is -0.192 e. The minimum atomic E-state index is -5.24. The van der Waals surface area contributed by atoms with Gasteiger partial charge in [0.15, 0.2) is 0 Å². The summed E-state index contributed by atoms with van der Waals surface area (Å²) in [5.41, 5.74) is -14.3. The van der Waals surface area contributed by atoms with Crippen LogP contribution in [0.5, 0.6) is 0 Å². The van der Waals surface area contributed by atoms with Crippen molar-refractivity contribution in [2.45, 2.75) is 18.5 Å². The highest BCUT2D eigenvalue weighted by Gasteiger charge is 2.46. The van der Waals surface area contributed by atoms with Gasteiger partial charge < -0.3 is 0 Å². The van der Waals surface area contributed by atoms with Gasteiger partial charge in [0.05, 0.1) is 68.3 Å². The van der Waals surface area contributed by atoms with Crippen LogP contribution < -0.4 is 0 Å². The lowest BCUT2D eigenvalue weighted by molar-refractivity contribution is -0.138. The van der Waals surface area contributed by atoms with Gasteiger partial charge in [0.2, 0.25) is 0 Å². The van der Waals surface area contributed by atoms with Crippen molar-refractivity contribution < 1.29 is 39.5 Å². The van der Waals surface area contributed by atoms with Gasteiger partial charge in [-0.15, -0.1) is 0 Å². The summed E-state index contributed by atoms with van der Waals surface area (Å²) < 4.78 is 127. The second-order valence-corrected chi connectivity index (χ2v) is 9.70. The predicted molar refractivity (Wildman–Crippen MR) is 146 cm³/mol. The highest BCUT2D eigenvalue weighted by Crippen LogP contribution is 2.58. The smallest absolute Gasteiger partial charge is 0.192 e. The normalized spacial score (nSPS) is 12.4. The maximum absolute atomic E-state index is 14.2. The molecule has 15 heteroatoms. The van der Waals surface area contributed by atoms with E-state index in [4.69, 9.17) is 15.8 Å². The van der Waals surface area contributed by atoms with E-state index in [1.807, 2.05) is 0 Å².